The summed E-state index contributed by atoms with van der Waals surface area (Å²) in [7, 11) is 0. The molecule has 0 saturated carbocycles. The Morgan fingerprint density at radius 1 is 0.957 bits per heavy atom. The highest BCUT2D eigenvalue weighted by Crippen LogP contribution is 2.24. The van der Waals surface area contributed by atoms with Crippen molar-refractivity contribution in [2.45, 2.75) is 54.9 Å². The molecule has 0 bridgehead atoms. The zero-order valence-electron chi connectivity index (χ0n) is 12.0. The number of hydrogen-bond acceptors (Lipinski definition) is 11. The van der Waals surface area contributed by atoms with Crippen molar-refractivity contribution in [1.82, 2.24) is 0 Å². The minimum absolute atomic E-state index is 0.781. The Hall–Kier alpha value is -0.730. The van der Waals surface area contributed by atoms with Crippen LogP contribution in [0.15, 0.2) is 0 Å². The Bertz CT molecular complexity index is 389. The van der Waals surface area contributed by atoms with Crippen molar-refractivity contribution in [3.8, 4) is 0 Å². The van der Waals surface area contributed by atoms with E-state index in [1.54, 1.807) is 0 Å². The van der Waals surface area contributed by atoms with Gasteiger partial charge in [0.25, 0.3) is 0 Å². The third kappa shape index (κ3) is 4.22. The first-order valence-corrected chi connectivity index (χ1v) is 6.84. The van der Waals surface area contributed by atoms with Crippen LogP contribution in [0.2, 0.25) is 0 Å². The maximum Gasteiger partial charge on any atom is 0.195 e. The van der Waals surface area contributed by atoms with Crippen molar-refractivity contribution in [1.29, 1.82) is 0 Å². The van der Waals surface area contributed by atoms with Crippen molar-refractivity contribution in [2.75, 3.05) is 13.2 Å². The van der Waals surface area contributed by atoms with Gasteiger partial charge in [0.05, 0.1) is 13.2 Å². The third-order valence-corrected chi connectivity index (χ3v) is 3.73. The van der Waals surface area contributed by atoms with Crippen molar-refractivity contribution >= 4 is 5.78 Å². The van der Waals surface area contributed by atoms with Gasteiger partial charge in [0.1, 0.15) is 54.9 Å². The number of rotatable bonds is 7. The number of aliphatic hydroxyl groups is 9. The van der Waals surface area contributed by atoms with E-state index in [1.165, 1.54) is 0 Å². The predicted octanol–water partition coefficient (Wildman–Crippen LogP) is -6.17. The number of ketones is 1. The van der Waals surface area contributed by atoms with Crippen LogP contribution in [-0.2, 0) is 9.53 Å². The first-order chi connectivity index (χ1) is 10.7. The van der Waals surface area contributed by atoms with E-state index in [0.717, 1.165) is 0 Å². The second kappa shape index (κ2) is 8.39. The highest BCUT2D eigenvalue weighted by molar-refractivity contribution is 5.88. The zero-order valence-corrected chi connectivity index (χ0v) is 12.0. The monoisotopic (exact) mass is 342 g/mol. The van der Waals surface area contributed by atoms with Gasteiger partial charge in [-0.15, -0.1) is 0 Å². The van der Waals surface area contributed by atoms with E-state index in [0.29, 0.717) is 0 Å². The molecule has 23 heavy (non-hydrogen) atoms. The lowest BCUT2D eigenvalue weighted by Crippen LogP contribution is -2.63. The second-order valence-corrected chi connectivity index (χ2v) is 5.33. The van der Waals surface area contributed by atoms with Crippen LogP contribution in [0.4, 0.5) is 0 Å². The summed E-state index contributed by atoms with van der Waals surface area (Å²) in [5, 5.41) is 84.6. The highest BCUT2D eigenvalue weighted by atomic mass is 16.6. The fourth-order valence-corrected chi connectivity index (χ4v) is 2.21. The molecule has 1 fully saturated rings. The van der Waals surface area contributed by atoms with Gasteiger partial charge in [-0.2, -0.15) is 0 Å². The molecule has 1 saturated heterocycles. The molecule has 136 valence electrons. The van der Waals surface area contributed by atoms with Crippen LogP contribution < -0.4 is 0 Å². The minimum Gasteiger partial charge on any atom is -0.394 e. The largest absolute Gasteiger partial charge is 0.394 e. The van der Waals surface area contributed by atoms with Crippen LogP contribution >= 0.6 is 0 Å². The standard InChI is InChI=1S/C12H22O11/c13-1-3(15)5(16)7(18)9(20)11(22)12-10(21)8(19)6(17)4(2-14)23-12/h3-8,10-19,21-22H,1-2H2/t3-,4-,5-,6-,7+,8+,10-,11?,12-/m1/s1. The number of carbonyl (C=O) groups excluding carboxylic acids is 1. The Morgan fingerprint density at radius 2 is 1.52 bits per heavy atom. The van der Waals surface area contributed by atoms with E-state index < -0.39 is 73.9 Å². The lowest BCUT2D eigenvalue weighted by atomic mass is 9.89. The van der Waals surface area contributed by atoms with Gasteiger partial charge in [0.2, 0.25) is 0 Å². The van der Waals surface area contributed by atoms with E-state index in [4.69, 9.17) is 20.1 Å². The second-order valence-electron chi connectivity index (χ2n) is 5.33. The summed E-state index contributed by atoms with van der Waals surface area (Å²) in [5.41, 5.74) is 0. The summed E-state index contributed by atoms with van der Waals surface area (Å²) >= 11 is 0. The van der Waals surface area contributed by atoms with Gasteiger partial charge in [-0.25, -0.2) is 0 Å². The summed E-state index contributed by atoms with van der Waals surface area (Å²) in [6, 6.07) is 0. The Labute approximate surface area is 130 Å². The molecule has 9 atom stereocenters. The Balaban J connectivity index is 2.85. The maximum atomic E-state index is 11.9. The normalized spacial score (nSPS) is 37.0. The summed E-state index contributed by atoms with van der Waals surface area (Å²) in [4.78, 5) is 11.9. The molecule has 1 heterocycles. The average molecular weight is 342 g/mol. The van der Waals surface area contributed by atoms with Crippen molar-refractivity contribution in [3.63, 3.8) is 0 Å². The molecule has 0 aromatic rings. The summed E-state index contributed by atoms with van der Waals surface area (Å²) in [6.07, 6.45) is -17.1. The molecule has 1 aliphatic rings. The molecule has 11 nitrogen and oxygen atoms in total. The smallest absolute Gasteiger partial charge is 0.195 e. The molecule has 1 unspecified atom stereocenters. The average Bonchev–Trinajstić information content (AvgIpc) is 2.56. The number of ether oxygens (including phenoxy) is 1. The molecule has 0 radical (unpaired) electrons. The molecule has 0 spiro atoms. The third-order valence-electron chi connectivity index (χ3n) is 3.73. The lowest BCUT2D eigenvalue weighted by Gasteiger charge is -2.41. The van der Waals surface area contributed by atoms with E-state index in [2.05, 4.69) is 0 Å². The summed E-state index contributed by atoms with van der Waals surface area (Å²) in [5.74, 6) is -1.45. The van der Waals surface area contributed by atoms with Crippen LogP contribution in [0.3, 0.4) is 0 Å². The van der Waals surface area contributed by atoms with Gasteiger partial charge in [-0.1, -0.05) is 0 Å². The molecule has 11 heteroatoms. The topological polar surface area (TPSA) is 208 Å². The quantitative estimate of drug-likeness (QED) is 0.212. The minimum atomic E-state index is -2.31. The molecule has 9 N–H and O–H groups in total. The maximum absolute atomic E-state index is 11.9. The summed E-state index contributed by atoms with van der Waals surface area (Å²) < 4.78 is 4.94. The number of hydrogen-bond donors (Lipinski definition) is 9. The molecule has 0 amide bonds. The van der Waals surface area contributed by atoms with Crippen molar-refractivity contribution < 1.29 is 55.5 Å². The van der Waals surface area contributed by atoms with Crippen molar-refractivity contribution in [3.05, 3.63) is 0 Å². The van der Waals surface area contributed by atoms with Gasteiger partial charge in [-0.05, 0) is 0 Å². The van der Waals surface area contributed by atoms with Crippen LogP contribution in [0.25, 0.3) is 0 Å². The van der Waals surface area contributed by atoms with Crippen LogP contribution in [0.5, 0.6) is 0 Å². The summed E-state index contributed by atoms with van der Waals surface area (Å²) in [6.45, 7) is -1.74. The van der Waals surface area contributed by atoms with Gasteiger partial charge < -0.3 is 50.7 Å². The zero-order chi connectivity index (χ0) is 17.9. The number of Topliss-reactive ketones (excluding diaryl/α,β-unsaturated/α-hetero) is 1. The van der Waals surface area contributed by atoms with E-state index >= 15 is 0 Å². The predicted molar refractivity (Wildman–Crippen MR) is 69.9 cm³/mol. The number of aliphatic hydroxyl groups excluding tert-OH is 9. The first kappa shape index (κ1) is 20.3. The van der Waals surface area contributed by atoms with Gasteiger partial charge >= 0.3 is 0 Å². The molecule has 0 aliphatic carbocycles. The van der Waals surface area contributed by atoms with E-state index in [9.17, 15) is 35.4 Å². The van der Waals surface area contributed by atoms with Crippen LogP contribution in [-0.4, -0.2) is 120 Å². The number of carbonyl (C=O) groups is 1. The molecule has 1 rings (SSSR count). The van der Waals surface area contributed by atoms with E-state index in [1.807, 2.05) is 0 Å². The SMILES string of the molecule is O=C(C(O)[C@@H]1O[C@H](CO)[C@@H](O)[C@H](O)[C@H]1O)[C@@H](O)[C@H](O)[C@H](O)CO. The molecule has 0 aromatic carbocycles. The molecular weight excluding hydrogens is 320 g/mol. The molecule has 0 aromatic heterocycles. The molecular formula is C12H22O11. The Kier molecular flexibility index (Phi) is 7.41. The van der Waals surface area contributed by atoms with Gasteiger partial charge in [0, 0.05) is 0 Å². The van der Waals surface area contributed by atoms with Crippen molar-refractivity contribution in [2.24, 2.45) is 0 Å². The van der Waals surface area contributed by atoms with Crippen LogP contribution in [0.1, 0.15) is 0 Å². The van der Waals surface area contributed by atoms with Gasteiger partial charge in [0.15, 0.2) is 5.78 Å². The fourth-order valence-electron chi connectivity index (χ4n) is 2.21. The van der Waals surface area contributed by atoms with Crippen LogP contribution in [0, 0.1) is 0 Å². The van der Waals surface area contributed by atoms with Gasteiger partial charge in [-0.3, -0.25) is 4.79 Å². The Morgan fingerprint density at radius 3 is 2.00 bits per heavy atom. The highest BCUT2D eigenvalue weighted by Gasteiger charge is 2.49. The first-order valence-electron chi connectivity index (χ1n) is 6.84. The molecule has 1 aliphatic heterocycles. The van der Waals surface area contributed by atoms with E-state index in [-0.39, 0.29) is 0 Å². The lowest BCUT2D eigenvalue weighted by molar-refractivity contribution is -0.248. The fraction of sp³-hybridized carbons (Fsp3) is 0.917.